The van der Waals surface area contributed by atoms with Crippen LogP contribution >= 0.6 is 23.2 Å². The van der Waals surface area contributed by atoms with Crippen LogP contribution in [0, 0.1) is 5.82 Å². The summed E-state index contributed by atoms with van der Waals surface area (Å²) in [5.74, 6) is -0.900. The number of halogens is 3. The van der Waals surface area contributed by atoms with Crippen LogP contribution in [0.1, 0.15) is 15.9 Å². The molecule has 4 heteroatoms. The van der Waals surface area contributed by atoms with Gasteiger partial charge in [0.2, 0.25) is 0 Å². The molecule has 0 heterocycles. The fourth-order valence-corrected chi connectivity index (χ4v) is 1.74. The molecule has 0 atom stereocenters. The fourth-order valence-electron chi connectivity index (χ4n) is 1.43. The highest BCUT2D eigenvalue weighted by Gasteiger charge is 2.11. The predicted octanol–water partition coefficient (Wildman–Crippen LogP) is 4.36. The van der Waals surface area contributed by atoms with Gasteiger partial charge in [0.15, 0.2) is 5.78 Å². The van der Waals surface area contributed by atoms with Gasteiger partial charge in [0.25, 0.3) is 0 Å². The van der Waals surface area contributed by atoms with Crippen LogP contribution in [0.25, 0.3) is 0 Å². The maximum atomic E-state index is 13.2. The molecule has 17 heavy (non-hydrogen) atoms. The molecule has 86 valence electrons. The van der Waals surface area contributed by atoms with Gasteiger partial charge in [-0.1, -0.05) is 35.3 Å². The summed E-state index contributed by atoms with van der Waals surface area (Å²) in [6.07, 6.45) is 0. The Bertz CT molecular complexity index is 581. The lowest BCUT2D eigenvalue weighted by Gasteiger charge is -2.02. The van der Waals surface area contributed by atoms with Gasteiger partial charge in [0, 0.05) is 16.1 Å². The molecule has 0 amide bonds. The van der Waals surface area contributed by atoms with E-state index in [9.17, 15) is 9.18 Å². The van der Waals surface area contributed by atoms with Crippen molar-refractivity contribution in [1.82, 2.24) is 0 Å². The smallest absolute Gasteiger partial charge is 0.193 e. The normalized spacial score (nSPS) is 10.3. The van der Waals surface area contributed by atoms with E-state index >= 15 is 0 Å². The van der Waals surface area contributed by atoms with Crippen molar-refractivity contribution in [3.8, 4) is 0 Å². The lowest BCUT2D eigenvalue weighted by molar-refractivity contribution is 0.103. The van der Waals surface area contributed by atoms with Crippen molar-refractivity contribution in [1.29, 1.82) is 0 Å². The third-order valence-electron chi connectivity index (χ3n) is 2.27. The molecule has 0 aliphatic rings. The van der Waals surface area contributed by atoms with E-state index in [4.69, 9.17) is 23.2 Å². The summed E-state index contributed by atoms with van der Waals surface area (Å²) in [5.41, 5.74) is 0.661. The lowest BCUT2D eigenvalue weighted by Crippen LogP contribution is -2.01. The molecule has 0 bridgehead atoms. The molecule has 0 saturated carbocycles. The molecule has 0 saturated heterocycles. The highest BCUT2D eigenvalue weighted by molar-refractivity contribution is 6.31. The largest absolute Gasteiger partial charge is 0.289 e. The average Bonchev–Trinajstić information content (AvgIpc) is 2.32. The van der Waals surface area contributed by atoms with Gasteiger partial charge in [-0.3, -0.25) is 4.79 Å². The molecule has 0 aromatic heterocycles. The summed E-state index contributed by atoms with van der Waals surface area (Å²) in [6, 6.07) is 10.5. The first kappa shape index (κ1) is 12.1. The Kier molecular flexibility index (Phi) is 3.46. The first-order valence-corrected chi connectivity index (χ1v) is 5.59. The standard InChI is InChI=1S/C13H7Cl2FO/c14-10-3-1-2-8(6-10)13(17)9-4-5-11(15)12(16)7-9/h1-7H. The first-order chi connectivity index (χ1) is 8.08. The van der Waals surface area contributed by atoms with Crippen LogP contribution in [-0.2, 0) is 0 Å². The molecule has 0 aliphatic carbocycles. The van der Waals surface area contributed by atoms with Crippen molar-refractivity contribution in [3.05, 3.63) is 69.5 Å². The third kappa shape index (κ3) is 2.65. The maximum absolute atomic E-state index is 13.2. The van der Waals surface area contributed by atoms with Gasteiger partial charge in [0.05, 0.1) is 5.02 Å². The molecule has 0 fully saturated rings. The lowest BCUT2D eigenvalue weighted by atomic mass is 10.0. The molecular formula is C13H7Cl2FO. The Morgan fingerprint density at radius 2 is 1.71 bits per heavy atom. The minimum absolute atomic E-state index is 0.00681. The average molecular weight is 269 g/mol. The number of carbonyl (C=O) groups is 1. The van der Waals surface area contributed by atoms with Gasteiger partial charge in [0.1, 0.15) is 5.82 Å². The van der Waals surface area contributed by atoms with Crippen molar-refractivity contribution in [2.24, 2.45) is 0 Å². The Balaban J connectivity index is 2.40. The zero-order valence-corrected chi connectivity index (χ0v) is 10.1. The fraction of sp³-hybridized carbons (Fsp3) is 0. The zero-order chi connectivity index (χ0) is 12.4. The predicted molar refractivity (Wildman–Crippen MR) is 66.3 cm³/mol. The van der Waals surface area contributed by atoms with Crippen molar-refractivity contribution >= 4 is 29.0 Å². The molecule has 0 unspecified atom stereocenters. The summed E-state index contributed by atoms with van der Waals surface area (Å²) in [5, 5.41) is 0.456. The van der Waals surface area contributed by atoms with Crippen molar-refractivity contribution in [3.63, 3.8) is 0 Å². The second-order valence-electron chi connectivity index (χ2n) is 3.47. The highest BCUT2D eigenvalue weighted by Crippen LogP contribution is 2.19. The highest BCUT2D eigenvalue weighted by atomic mass is 35.5. The van der Waals surface area contributed by atoms with Crippen LogP contribution in [0.4, 0.5) is 4.39 Å². The number of hydrogen-bond acceptors (Lipinski definition) is 1. The van der Waals surface area contributed by atoms with Gasteiger partial charge in [-0.2, -0.15) is 0 Å². The second-order valence-corrected chi connectivity index (χ2v) is 4.31. The van der Waals surface area contributed by atoms with Crippen LogP contribution < -0.4 is 0 Å². The number of carbonyl (C=O) groups excluding carboxylic acids is 1. The quantitative estimate of drug-likeness (QED) is 0.740. The van der Waals surface area contributed by atoms with E-state index in [-0.39, 0.29) is 16.4 Å². The zero-order valence-electron chi connectivity index (χ0n) is 8.58. The molecule has 2 aromatic carbocycles. The van der Waals surface area contributed by atoms with Crippen molar-refractivity contribution < 1.29 is 9.18 Å². The van der Waals surface area contributed by atoms with Crippen LogP contribution in [-0.4, -0.2) is 5.78 Å². The summed E-state index contributed by atoms with van der Waals surface area (Å²) >= 11 is 11.3. The Hall–Kier alpha value is -1.38. The monoisotopic (exact) mass is 268 g/mol. The van der Waals surface area contributed by atoms with Gasteiger partial charge in [-0.05, 0) is 30.3 Å². The SMILES string of the molecule is O=C(c1cccc(Cl)c1)c1ccc(Cl)c(F)c1. The molecular weight excluding hydrogens is 262 g/mol. The summed E-state index contributed by atoms with van der Waals surface area (Å²) < 4.78 is 13.2. The van der Waals surface area contributed by atoms with Crippen molar-refractivity contribution in [2.45, 2.75) is 0 Å². The van der Waals surface area contributed by atoms with Gasteiger partial charge >= 0.3 is 0 Å². The Labute approximate surface area is 108 Å². The Morgan fingerprint density at radius 3 is 2.35 bits per heavy atom. The topological polar surface area (TPSA) is 17.1 Å². The maximum Gasteiger partial charge on any atom is 0.193 e. The van der Waals surface area contributed by atoms with Crippen LogP contribution in [0.2, 0.25) is 10.0 Å². The van der Waals surface area contributed by atoms with E-state index in [1.165, 1.54) is 18.2 Å². The molecule has 1 nitrogen and oxygen atoms in total. The molecule has 0 N–H and O–H groups in total. The van der Waals surface area contributed by atoms with Crippen LogP contribution in [0.15, 0.2) is 42.5 Å². The molecule has 2 rings (SSSR count). The third-order valence-corrected chi connectivity index (χ3v) is 2.81. The van der Waals surface area contributed by atoms with Crippen molar-refractivity contribution in [2.75, 3.05) is 0 Å². The van der Waals surface area contributed by atoms with Crippen LogP contribution in [0.3, 0.4) is 0 Å². The van der Waals surface area contributed by atoms with Crippen LogP contribution in [0.5, 0.6) is 0 Å². The van der Waals surface area contributed by atoms with E-state index < -0.39 is 5.82 Å². The number of benzene rings is 2. The molecule has 0 aliphatic heterocycles. The first-order valence-electron chi connectivity index (χ1n) is 4.83. The molecule has 0 radical (unpaired) electrons. The number of hydrogen-bond donors (Lipinski definition) is 0. The second kappa shape index (κ2) is 4.86. The van der Waals surface area contributed by atoms with Gasteiger partial charge < -0.3 is 0 Å². The van der Waals surface area contributed by atoms with Gasteiger partial charge in [-0.25, -0.2) is 4.39 Å². The minimum Gasteiger partial charge on any atom is -0.289 e. The summed E-state index contributed by atoms with van der Waals surface area (Å²) in [4.78, 5) is 12.0. The summed E-state index contributed by atoms with van der Waals surface area (Å²) in [6.45, 7) is 0. The number of ketones is 1. The molecule has 0 spiro atoms. The Morgan fingerprint density at radius 1 is 1.00 bits per heavy atom. The van der Waals surface area contributed by atoms with Gasteiger partial charge in [-0.15, -0.1) is 0 Å². The van der Waals surface area contributed by atoms with E-state index in [1.54, 1.807) is 18.2 Å². The molecule has 2 aromatic rings. The van der Waals surface area contributed by atoms with E-state index in [1.807, 2.05) is 0 Å². The minimum atomic E-state index is -0.612. The van der Waals surface area contributed by atoms with E-state index in [2.05, 4.69) is 0 Å². The van der Waals surface area contributed by atoms with E-state index in [0.717, 1.165) is 6.07 Å². The summed E-state index contributed by atoms with van der Waals surface area (Å²) in [7, 11) is 0. The van der Waals surface area contributed by atoms with E-state index in [0.29, 0.717) is 10.6 Å². The number of rotatable bonds is 2.